The van der Waals surface area contributed by atoms with Crippen LogP contribution >= 0.6 is 0 Å². The number of ether oxygens (including phenoxy) is 1. The predicted molar refractivity (Wildman–Crippen MR) is 96.5 cm³/mol. The number of benzene rings is 1. The molecule has 146 valence electrons. The third-order valence-electron chi connectivity index (χ3n) is 3.74. The highest BCUT2D eigenvalue weighted by Gasteiger charge is 2.21. The number of para-hydroxylation sites is 2. The summed E-state index contributed by atoms with van der Waals surface area (Å²) in [6, 6.07) is 5.97. The largest absolute Gasteiger partial charge is 0.494 e. The van der Waals surface area contributed by atoms with Crippen molar-refractivity contribution in [1.82, 2.24) is 31.1 Å². The number of hydrogen-bond donors (Lipinski definition) is 4. The van der Waals surface area contributed by atoms with E-state index in [0.717, 1.165) is 5.69 Å². The molecule has 10 nitrogen and oxygen atoms in total. The number of rotatable bonds is 8. The van der Waals surface area contributed by atoms with Crippen molar-refractivity contribution in [3.63, 3.8) is 0 Å². The Kier molecular flexibility index (Phi) is 7.12. The molecule has 3 amide bonds. The van der Waals surface area contributed by atoms with Gasteiger partial charge in [-0.3, -0.25) is 10.0 Å². The van der Waals surface area contributed by atoms with Crippen molar-refractivity contribution in [1.29, 1.82) is 0 Å². The van der Waals surface area contributed by atoms with Crippen LogP contribution in [-0.2, 0) is 11.3 Å². The minimum absolute atomic E-state index is 0.121. The number of nitrogens with zero attached hydrogens (tertiary/aromatic N) is 3. The van der Waals surface area contributed by atoms with Crippen molar-refractivity contribution < 1.29 is 19.5 Å². The van der Waals surface area contributed by atoms with Crippen molar-refractivity contribution in [2.45, 2.75) is 32.9 Å². The summed E-state index contributed by atoms with van der Waals surface area (Å²) in [5.41, 5.74) is 2.82. The van der Waals surface area contributed by atoms with Gasteiger partial charge in [-0.15, -0.1) is 5.10 Å². The molecule has 0 radical (unpaired) electrons. The van der Waals surface area contributed by atoms with E-state index in [9.17, 15) is 9.59 Å². The Labute approximate surface area is 156 Å². The number of amides is 3. The Hall–Kier alpha value is -3.14. The monoisotopic (exact) mass is 376 g/mol. The maximum atomic E-state index is 12.0. The topological polar surface area (TPSA) is 130 Å². The lowest BCUT2D eigenvalue weighted by Crippen LogP contribution is -2.49. The number of carbonyl (C=O) groups excluding carboxylic acids is 2. The molecule has 0 aliphatic carbocycles. The van der Waals surface area contributed by atoms with Crippen molar-refractivity contribution >= 4 is 11.9 Å². The SMILES string of the molecule is COc1ccccc1-n1cc(CNC(=O)N[C@@H](CC(C)C)C(=O)NO)nn1. The van der Waals surface area contributed by atoms with Gasteiger partial charge in [-0.2, -0.15) is 0 Å². The summed E-state index contributed by atoms with van der Waals surface area (Å²) >= 11 is 0. The van der Waals surface area contributed by atoms with E-state index in [1.54, 1.807) is 23.5 Å². The van der Waals surface area contributed by atoms with Crippen molar-refractivity contribution in [2.75, 3.05) is 7.11 Å². The van der Waals surface area contributed by atoms with Gasteiger partial charge in [-0.1, -0.05) is 31.2 Å². The highest BCUT2D eigenvalue weighted by Crippen LogP contribution is 2.20. The highest BCUT2D eigenvalue weighted by molar-refractivity contribution is 5.86. The van der Waals surface area contributed by atoms with Gasteiger partial charge in [0, 0.05) is 0 Å². The maximum Gasteiger partial charge on any atom is 0.315 e. The van der Waals surface area contributed by atoms with Gasteiger partial charge < -0.3 is 15.4 Å². The van der Waals surface area contributed by atoms with Crippen molar-refractivity contribution in [3.8, 4) is 11.4 Å². The summed E-state index contributed by atoms with van der Waals surface area (Å²) in [6.45, 7) is 3.94. The molecule has 2 aromatic rings. The summed E-state index contributed by atoms with van der Waals surface area (Å²) in [7, 11) is 1.57. The van der Waals surface area contributed by atoms with Crippen LogP contribution in [-0.4, -0.2) is 45.3 Å². The first-order valence-corrected chi connectivity index (χ1v) is 8.47. The highest BCUT2D eigenvalue weighted by atomic mass is 16.5. The summed E-state index contributed by atoms with van der Waals surface area (Å²) in [6.07, 6.45) is 2.06. The quantitative estimate of drug-likeness (QED) is 0.402. The fourth-order valence-corrected chi connectivity index (χ4v) is 2.48. The fraction of sp³-hybridized carbons (Fsp3) is 0.412. The Morgan fingerprint density at radius 3 is 2.70 bits per heavy atom. The van der Waals surface area contributed by atoms with Gasteiger partial charge in [0.2, 0.25) is 0 Å². The molecule has 2 rings (SSSR count). The zero-order valence-electron chi connectivity index (χ0n) is 15.5. The fourth-order valence-electron chi connectivity index (χ4n) is 2.48. The first-order valence-electron chi connectivity index (χ1n) is 8.47. The smallest absolute Gasteiger partial charge is 0.315 e. The molecule has 0 unspecified atom stereocenters. The number of hydrogen-bond acceptors (Lipinski definition) is 6. The molecule has 0 saturated carbocycles. The molecule has 1 heterocycles. The van der Waals surface area contributed by atoms with Crippen LogP contribution < -0.4 is 20.9 Å². The lowest BCUT2D eigenvalue weighted by molar-refractivity contribution is -0.131. The van der Waals surface area contributed by atoms with E-state index in [0.29, 0.717) is 17.9 Å². The Morgan fingerprint density at radius 2 is 2.04 bits per heavy atom. The van der Waals surface area contributed by atoms with E-state index < -0.39 is 18.0 Å². The van der Waals surface area contributed by atoms with E-state index in [1.165, 1.54) is 0 Å². The number of urea groups is 1. The van der Waals surface area contributed by atoms with Gasteiger partial charge in [-0.05, 0) is 24.5 Å². The van der Waals surface area contributed by atoms with Crippen LogP contribution in [0.2, 0.25) is 0 Å². The molecule has 1 aromatic carbocycles. The third kappa shape index (κ3) is 5.68. The Bertz CT molecular complexity index is 776. The van der Waals surface area contributed by atoms with Gasteiger partial charge >= 0.3 is 6.03 Å². The van der Waals surface area contributed by atoms with Crippen LogP contribution in [0.5, 0.6) is 5.75 Å². The minimum atomic E-state index is -0.834. The third-order valence-corrected chi connectivity index (χ3v) is 3.74. The molecule has 27 heavy (non-hydrogen) atoms. The number of carbonyl (C=O) groups is 2. The summed E-state index contributed by atoms with van der Waals surface area (Å²) in [4.78, 5) is 23.7. The van der Waals surface area contributed by atoms with Gasteiger partial charge in [0.15, 0.2) is 0 Å². The lowest BCUT2D eigenvalue weighted by atomic mass is 10.0. The molecule has 0 spiro atoms. The summed E-state index contributed by atoms with van der Waals surface area (Å²) in [5.74, 6) is 0.139. The second-order valence-corrected chi connectivity index (χ2v) is 6.31. The molecule has 0 bridgehead atoms. The average molecular weight is 376 g/mol. The molecule has 0 aliphatic heterocycles. The number of methoxy groups -OCH3 is 1. The van der Waals surface area contributed by atoms with Gasteiger partial charge in [0.1, 0.15) is 23.2 Å². The second-order valence-electron chi connectivity index (χ2n) is 6.31. The maximum absolute atomic E-state index is 12.0. The summed E-state index contributed by atoms with van der Waals surface area (Å²) in [5, 5.41) is 22.0. The van der Waals surface area contributed by atoms with Gasteiger partial charge in [0.05, 0.1) is 19.9 Å². The van der Waals surface area contributed by atoms with Crippen LogP contribution in [0.25, 0.3) is 5.69 Å². The molecular formula is C17H24N6O4. The van der Waals surface area contributed by atoms with E-state index in [4.69, 9.17) is 9.94 Å². The van der Waals surface area contributed by atoms with Gasteiger partial charge in [-0.25, -0.2) is 15.0 Å². The Morgan fingerprint density at radius 1 is 1.30 bits per heavy atom. The zero-order chi connectivity index (χ0) is 19.8. The van der Waals surface area contributed by atoms with Crippen LogP contribution in [0.1, 0.15) is 26.0 Å². The number of aromatic nitrogens is 3. The molecule has 4 N–H and O–H groups in total. The zero-order valence-corrected chi connectivity index (χ0v) is 15.5. The predicted octanol–water partition coefficient (Wildman–Crippen LogP) is 0.995. The van der Waals surface area contributed by atoms with E-state index in [2.05, 4.69) is 20.9 Å². The van der Waals surface area contributed by atoms with E-state index in [-0.39, 0.29) is 12.5 Å². The van der Waals surface area contributed by atoms with E-state index in [1.807, 2.05) is 38.1 Å². The Balaban J connectivity index is 1.95. The molecule has 0 saturated heterocycles. The minimum Gasteiger partial charge on any atom is -0.494 e. The van der Waals surface area contributed by atoms with Crippen molar-refractivity contribution in [2.24, 2.45) is 5.92 Å². The second kappa shape index (κ2) is 9.53. The molecular weight excluding hydrogens is 352 g/mol. The number of hydroxylamine groups is 1. The molecule has 0 fully saturated rings. The van der Waals surface area contributed by atoms with Crippen LogP contribution in [0.4, 0.5) is 4.79 Å². The molecule has 1 aromatic heterocycles. The lowest BCUT2D eigenvalue weighted by Gasteiger charge is -2.18. The number of nitrogens with one attached hydrogen (secondary N) is 3. The molecule has 10 heteroatoms. The first-order chi connectivity index (χ1) is 12.9. The van der Waals surface area contributed by atoms with Gasteiger partial charge in [0.25, 0.3) is 5.91 Å². The van der Waals surface area contributed by atoms with Crippen LogP contribution in [0.15, 0.2) is 30.5 Å². The van der Waals surface area contributed by atoms with Crippen LogP contribution in [0, 0.1) is 5.92 Å². The first kappa shape index (κ1) is 20.2. The average Bonchev–Trinajstić information content (AvgIpc) is 3.13. The normalized spacial score (nSPS) is 11.7. The van der Waals surface area contributed by atoms with E-state index >= 15 is 0 Å². The summed E-state index contributed by atoms with van der Waals surface area (Å²) < 4.78 is 6.84. The molecule has 1 atom stereocenters. The van der Waals surface area contributed by atoms with Crippen LogP contribution in [0.3, 0.4) is 0 Å². The molecule has 0 aliphatic rings. The van der Waals surface area contributed by atoms with Crippen molar-refractivity contribution in [3.05, 3.63) is 36.2 Å². The standard InChI is InChI=1S/C17H24N6O4/c1-11(2)8-13(16(24)21-26)19-17(25)18-9-12-10-23(22-20-12)14-6-4-5-7-15(14)27-3/h4-7,10-11,13,26H,8-9H2,1-3H3,(H,21,24)(H2,18,19,25)/t13-/m0/s1.